The number of rotatable bonds is 2. The Balaban J connectivity index is 2.63. The van der Waals surface area contributed by atoms with Crippen LogP contribution in [0.3, 0.4) is 0 Å². The molecule has 3 aromatic rings. The zero-order valence-electron chi connectivity index (χ0n) is 19.4. The third-order valence-electron chi connectivity index (χ3n) is 5.58. The predicted octanol–water partition coefficient (Wildman–Crippen LogP) is 5.41. The first-order valence-electron chi connectivity index (χ1n) is 10.4. The summed E-state index contributed by atoms with van der Waals surface area (Å²) in [6.45, 7) is 11.4. The molecule has 0 aliphatic heterocycles. The molecule has 0 aliphatic rings. The van der Waals surface area contributed by atoms with Gasteiger partial charge in [-0.15, -0.1) is 0 Å². The van der Waals surface area contributed by atoms with Crippen molar-refractivity contribution >= 4 is 16.8 Å². The van der Waals surface area contributed by atoms with Crippen molar-refractivity contribution in [2.24, 2.45) is 5.73 Å². The Labute approximate surface area is 189 Å². The van der Waals surface area contributed by atoms with Gasteiger partial charge < -0.3 is 15.4 Å². The molecule has 0 bridgehead atoms. The van der Waals surface area contributed by atoms with Gasteiger partial charge in [0.2, 0.25) is 5.43 Å². The molecular formula is C25H27F3N2O3. The van der Waals surface area contributed by atoms with Crippen molar-refractivity contribution in [3.63, 3.8) is 0 Å². The summed E-state index contributed by atoms with van der Waals surface area (Å²) in [5.41, 5.74) is 3.09. The number of alkyl halides is 3. The van der Waals surface area contributed by atoms with Crippen LogP contribution >= 0.6 is 0 Å². The predicted molar refractivity (Wildman–Crippen MR) is 122 cm³/mol. The molecule has 8 heteroatoms. The van der Waals surface area contributed by atoms with Gasteiger partial charge in [-0.1, -0.05) is 47.6 Å². The second kappa shape index (κ2) is 7.64. The van der Waals surface area contributed by atoms with Crippen LogP contribution in [0.15, 0.2) is 41.3 Å². The number of phenols is 1. The van der Waals surface area contributed by atoms with E-state index < -0.39 is 45.0 Å². The largest absolute Gasteiger partial charge is 0.508 e. The molecule has 3 rings (SSSR count). The topological polar surface area (TPSA) is 85.3 Å². The van der Waals surface area contributed by atoms with Gasteiger partial charge >= 0.3 is 6.18 Å². The first kappa shape index (κ1) is 24.4. The van der Waals surface area contributed by atoms with E-state index in [9.17, 15) is 27.9 Å². The fraction of sp³-hybridized carbons (Fsp3) is 0.360. The van der Waals surface area contributed by atoms with Crippen molar-refractivity contribution in [1.29, 1.82) is 0 Å². The number of hydrogen-bond donors (Lipinski definition) is 2. The van der Waals surface area contributed by atoms with E-state index in [0.717, 1.165) is 22.9 Å². The van der Waals surface area contributed by atoms with Gasteiger partial charge in [0, 0.05) is 17.6 Å². The fourth-order valence-corrected chi connectivity index (χ4v) is 3.96. The molecule has 1 amide bonds. The summed E-state index contributed by atoms with van der Waals surface area (Å²) in [5.74, 6) is -1.16. The van der Waals surface area contributed by atoms with E-state index in [1.54, 1.807) is 6.07 Å². The first-order valence-corrected chi connectivity index (χ1v) is 10.4. The van der Waals surface area contributed by atoms with Crippen molar-refractivity contribution in [2.45, 2.75) is 58.5 Å². The molecule has 0 fully saturated rings. The van der Waals surface area contributed by atoms with Crippen molar-refractivity contribution < 1.29 is 23.1 Å². The molecule has 1 aromatic heterocycles. The summed E-state index contributed by atoms with van der Waals surface area (Å²) in [5, 5.41) is 10.5. The van der Waals surface area contributed by atoms with Crippen molar-refractivity contribution in [3.05, 3.63) is 69.0 Å². The van der Waals surface area contributed by atoms with E-state index in [1.165, 1.54) is 12.1 Å². The number of fused-ring (bicyclic) bond motifs is 1. The number of primary amides is 1. The van der Waals surface area contributed by atoms with Crippen molar-refractivity contribution in [2.75, 3.05) is 0 Å². The van der Waals surface area contributed by atoms with Crippen LogP contribution in [0.1, 0.15) is 68.6 Å². The molecule has 5 nitrogen and oxygen atoms in total. The highest BCUT2D eigenvalue weighted by Crippen LogP contribution is 2.41. The Morgan fingerprint density at radius 3 is 2.00 bits per heavy atom. The van der Waals surface area contributed by atoms with E-state index in [0.29, 0.717) is 11.1 Å². The number of benzene rings is 2. The number of nitrogens with zero attached hydrogens (tertiary/aromatic N) is 1. The van der Waals surface area contributed by atoms with Gasteiger partial charge in [0.25, 0.3) is 5.91 Å². The minimum atomic E-state index is -4.77. The molecule has 0 unspecified atom stereocenters. The number of aromatic hydroxyl groups is 1. The molecular weight excluding hydrogens is 433 g/mol. The van der Waals surface area contributed by atoms with E-state index in [4.69, 9.17) is 5.73 Å². The summed E-state index contributed by atoms with van der Waals surface area (Å²) in [4.78, 5) is 24.8. The lowest BCUT2D eigenvalue weighted by atomic mass is 9.79. The van der Waals surface area contributed by atoms with Gasteiger partial charge in [0.15, 0.2) is 0 Å². The Hall–Kier alpha value is -3.29. The molecule has 3 N–H and O–H groups in total. The zero-order chi connectivity index (χ0) is 25.1. The fourth-order valence-electron chi connectivity index (χ4n) is 3.96. The van der Waals surface area contributed by atoms with Crippen molar-refractivity contribution in [3.8, 4) is 11.4 Å². The first-order chi connectivity index (χ1) is 14.9. The number of nitrogens with two attached hydrogens (primary N) is 1. The van der Waals surface area contributed by atoms with E-state index in [-0.39, 0.29) is 16.8 Å². The third kappa shape index (κ3) is 4.34. The molecule has 1 heterocycles. The molecule has 0 saturated carbocycles. The second-order valence-corrected chi connectivity index (χ2v) is 10.2. The lowest BCUT2D eigenvalue weighted by Gasteiger charge is -2.30. The average molecular weight is 460 g/mol. The zero-order valence-corrected chi connectivity index (χ0v) is 19.4. The molecule has 33 heavy (non-hydrogen) atoms. The Bertz CT molecular complexity index is 1320. The summed E-state index contributed by atoms with van der Waals surface area (Å²) < 4.78 is 43.1. The Morgan fingerprint density at radius 2 is 1.52 bits per heavy atom. The number of aromatic nitrogens is 1. The van der Waals surface area contributed by atoms with Crippen LogP contribution < -0.4 is 11.2 Å². The van der Waals surface area contributed by atoms with E-state index in [2.05, 4.69) is 0 Å². The Morgan fingerprint density at radius 1 is 0.939 bits per heavy atom. The maximum atomic E-state index is 14.0. The van der Waals surface area contributed by atoms with E-state index >= 15 is 0 Å². The van der Waals surface area contributed by atoms with Gasteiger partial charge in [0.1, 0.15) is 11.3 Å². The SMILES string of the molecule is CC(C)(C)c1cc(C(C)(C)C)c(-n2cc(C(N)=O)c(=O)c3cccc(C(F)(F)F)c32)cc1O. The maximum absolute atomic E-state index is 14.0. The maximum Gasteiger partial charge on any atom is 0.418 e. The molecule has 2 aromatic carbocycles. The number of phenolic OH excluding ortho intramolecular Hbond substituents is 1. The second-order valence-electron chi connectivity index (χ2n) is 10.2. The van der Waals surface area contributed by atoms with Crippen LogP contribution in [-0.2, 0) is 17.0 Å². The summed E-state index contributed by atoms with van der Waals surface area (Å²) >= 11 is 0. The summed E-state index contributed by atoms with van der Waals surface area (Å²) in [6.07, 6.45) is -3.74. The number of hydrogen-bond acceptors (Lipinski definition) is 3. The summed E-state index contributed by atoms with van der Waals surface area (Å²) in [7, 11) is 0. The lowest BCUT2D eigenvalue weighted by molar-refractivity contribution is -0.136. The van der Waals surface area contributed by atoms with Crippen LogP contribution in [0.25, 0.3) is 16.6 Å². The summed E-state index contributed by atoms with van der Waals surface area (Å²) in [6, 6.07) is 6.36. The van der Waals surface area contributed by atoms with Crippen LogP contribution in [0.5, 0.6) is 5.75 Å². The minimum Gasteiger partial charge on any atom is -0.508 e. The van der Waals surface area contributed by atoms with Gasteiger partial charge in [-0.3, -0.25) is 9.59 Å². The normalized spacial score (nSPS) is 12.9. The van der Waals surface area contributed by atoms with Gasteiger partial charge in [-0.25, -0.2) is 0 Å². The molecule has 0 aliphatic carbocycles. The van der Waals surface area contributed by atoms with Crippen LogP contribution in [0.2, 0.25) is 0 Å². The average Bonchev–Trinajstić information content (AvgIpc) is 2.64. The molecule has 0 saturated heterocycles. The number of carbonyl (C=O) groups excluding carboxylic acids is 1. The number of amides is 1. The van der Waals surface area contributed by atoms with Gasteiger partial charge in [-0.2, -0.15) is 13.2 Å². The molecule has 0 atom stereocenters. The van der Waals surface area contributed by atoms with Crippen LogP contribution in [-0.4, -0.2) is 15.6 Å². The van der Waals surface area contributed by atoms with Gasteiger partial charge in [-0.05, 0) is 40.2 Å². The highest BCUT2D eigenvalue weighted by Gasteiger charge is 2.35. The van der Waals surface area contributed by atoms with Gasteiger partial charge in [0.05, 0.1) is 16.8 Å². The monoisotopic (exact) mass is 460 g/mol. The van der Waals surface area contributed by atoms with Crippen LogP contribution in [0.4, 0.5) is 13.2 Å². The quantitative estimate of drug-likeness (QED) is 0.536. The van der Waals surface area contributed by atoms with Crippen LogP contribution in [0, 0.1) is 0 Å². The highest BCUT2D eigenvalue weighted by molar-refractivity contribution is 5.97. The van der Waals surface area contributed by atoms with E-state index in [1.807, 2.05) is 41.5 Å². The standard InChI is InChI=1S/C25H27F3N2O3/c1-23(2,3)16-10-17(24(4,5)6)19(31)11-18(16)30-12-14(22(29)33)21(32)13-8-7-9-15(20(13)30)25(26,27)28/h7-12,31H,1-6H3,(H2,29,33). The third-order valence-corrected chi connectivity index (χ3v) is 5.58. The minimum absolute atomic E-state index is 0.109. The van der Waals surface area contributed by atoms with Crippen molar-refractivity contribution in [1.82, 2.24) is 4.57 Å². The number of pyridine rings is 1. The molecule has 176 valence electrons. The number of para-hydroxylation sites is 1. The smallest absolute Gasteiger partial charge is 0.418 e. The lowest BCUT2D eigenvalue weighted by Crippen LogP contribution is -2.26. The number of halogens is 3. The number of carbonyl (C=O) groups is 1. The highest BCUT2D eigenvalue weighted by atomic mass is 19.4. The molecule has 0 spiro atoms. The molecule has 0 radical (unpaired) electrons. The Kier molecular flexibility index (Phi) is 5.64.